The predicted molar refractivity (Wildman–Crippen MR) is 72.9 cm³/mol. The van der Waals surface area contributed by atoms with E-state index in [2.05, 4.69) is 0 Å². The molecule has 19 heavy (non-hydrogen) atoms. The Morgan fingerprint density at radius 1 is 1.21 bits per heavy atom. The average Bonchev–Trinajstić information content (AvgIpc) is 3.15. The Morgan fingerprint density at radius 2 is 1.79 bits per heavy atom. The molecule has 1 aliphatic rings. The highest BCUT2D eigenvalue weighted by atomic mass is 32.2. The summed E-state index contributed by atoms with van der Waals surface area (Å²) in [5.41, 5.74) is 1.97. The van der Waals surface area contributed by atoms with Gasteiger partial charge in [-0.2, -0.15) is 0 Å². The molecular weight excluding hydrogens is 264 g/mol. The molecule has 1 N–H and O–H groups in total. The summed E-state index contributed by atoms with van der Waals surface area (Å²) in [5.74, 6) is -2.22. The van der Waals surface area contributed by atoms with Crippen molar-refractivity contribution in [1.29, 1.82) is 0 Å². The van der Waals surface area contributed by atoms with Crippen LogP contribution in [0.3, 0.4) is 0 Å². The molecule has 0 bridgehead atoms. The van der Waals surface area contributed by atoms with Crippen molar-refractivity contribution in [1.82, 2.24) is 0 Å². The van der Waals surface area contributed by atoms with Crippen LogP contribution in [0.15, 0.2) is 24.3 Å². The molecule has 0 radical (unpaired) electrons. The van der Waals surface area contributed by atoms with E-state index in [1.54, 1.807) is 6.92 Å². The van der Waals surface area contributed by atoms with Crippen molar-refractivity contribution in [2.45, 2.75) is 31.4 Å². The van der Waals surface area contributed by atoms with Gasteiger partial charge in [-0.1, -0.05) is 38.1 Å². The maximum absolute atomic E-state index is 11.9. The molecule has 0 heterocycles. The molecular formula is C14H18O4S. The molecule has 0 amide bonds. The Bertz CT molecular complexity index is 574. The van der Waals surface area contributed by atoms with Crippen molar-refractivity contribution >= 4 is 15.8 Å². The van der Waals surface area contributed by atoms with Gasteiger partial charge < -0.3 is 5.11 Å². The van der Waals surface area contributed by atoms with E-state index in [1.807, 2.05) is 31.2 Å². The molecule has 104 valence electrons. The molecule has 2 rings (SSSR count). The highest BCUT2D eigenvalue weighted by Crippen LogP contribution is 2.52. The zero-order chi connectivity index (χ0) is 14.2. The molecule has 4 nitrogen and oxygen atoms in total. The van der Waals surface area contributed by atoms with E-state index in [-0.39, 0.29) is 5.75 Å². The number of carbonyl (C=O) groups is 1. The lowest BCUT2D eigenvalue weighted by atomic mass is 10.1. The minimum atomic E-state index is -3.31. The monoisotopic (exact) mass is 282 g/mol. The van der Waals surface area contributed by atoms with Gasteiger partial charge in [0.05, 0.1) is 11.2 Å². The van der Waals surface area contributed by atoms with E-state index in [0.29, 0.717) is 0 Å². The highest BCUT2D eigenvalue weighted by molar-refractivity contribution is 7.92. The molecule has 0 unspecified atom stereocenters. The van der Waals surface area contributed by atoms with Crippen molar-refractivity contribution < 1.29 is 18.3 Å². The van der Waals surface area contributed by atoms with Gasteiger partial charge in [-0.15, -0.1) is 0 Å². The number of aliphatic carboxylic acids is 1. The number of rotatable bonds is 5. The van der Waals surface area contributed by atoms with Crippen molar-refractivity contribution in [3.05, 3.63) is 35.4 Å². The maximum Gasteiger partial charge on any atom is 0.308 e. The Labute approximate surface area is 113 Å². The number of hydrogen-bond acceptors (Lipinski definition) is 3. The molecule has 1 aromatic carbocycles. The van der Waals surface area contributed by atoms with Crippen LogP contribution >= 0.6 is 0 Å². The Kier molecular flexibility index (Phi) is 3.67. The molecule has 1 aliphatic carbocycles. The zero-order valence-corrected chi connectivity index (χ0v) is 11.9. The third-order valence-corrected chi connectivity index (χ3v) is 6.05. The number of sulfone groups is 1. The number of carboxylic acids is 1. The first-order valence-corrected chi connectivity index (χ1v) is 8.17. The maximum atomic E-state index is 11.9. The fourth-order valence-corrected chi connectivity index (χ4v) is 4.39. The van der Waals surface area contributed by atoms with Crippen LogP contribution in [0.2, 0.25) is 0 Å². The molecule has 1 aromatic rings. The van der Waals surface area contributed by atoms with Crippen molar-refractivity contribution in [2.75, 3.05) is 5.75 Å². The normalized spacial score (nSPS) is 26.1. The summed E-state index contributed by atoms with van der Waals surface area (Å²) >= 11 is 0. The number of aryl methyl sites for hydroxylation is 1. The van der Waals surface area contributed by atoms with E-state index in [9.17, 15) is 13.2 Å². The van der Waals surface area contributed by atoms with E-state index >= 15 is 0 Å². The molecule has 0 spiro atoms. The lowest BCUT2D eigenvalue weighted by Crippen LogP contribution is -2.14. The number of hydrogen-bond donors (Lipinski definition) is 1. The van der Waals surface area contributed by atoms with Gasteiger partial charge in [-0.25, -0.2) is 8.42 Å². The molecule has 1 fully saturated rings. The highest BCUT2D eigenvalue weighted by Gasteiger charge is 2.62. The Hall–Kier alpha value is -1.36. The van der Waals surface area contributed by atoms with Gasteiger partial charge in [0.25, 0.3) is 0 Å². The van der Waals surface area contributed by atoms with Crippen LogP contribution in [0.25, 0.3) is 0 Å². The van der Waals surface area contributed by atoms with Gasteiger partial charge in [-0.05, 0) is 17.5 Å². The van der Waals surface area contributed by atoms with Crippen LogP contribution < -0.4 is 0 Å². The van der Waals surface area contributed by atoms with Gasteiger partial charge >= 0.3 is 5.97 Å². The van der Waals surface area contributed by atoms with E-state index in [4.69, 9.17) is 5.11 Å². The largest absolute Gasteiger partial charge is 0.481 e. The first-order chi connectivity index (χ1) is 8.92. The molecule has 3 atom stereocenters. The topological polar surface area (TPSA) is 71.4 Å². The minimum Gasteiger partial charge on any atom is -0.481 e. The summed E-state index contributed by atoms with van der Waals surface area (Å²) in [5, 5.41) is 8.39. The van der Waals surface area contributed by atoms with Crippen LogP contribution in [0.1, 0.15) is 30.9 Å². The zero-order valence-electron chi connectivity index (χ0n) is 11.0. The Morgan fingerprint density at radius 3 is 2.21 bits per heavy atom. The molecule has 0 saturated heterocycles. The van der Waals surface area contributed by atoms with Gasteiger partial charge in [0.2, 0.25) is 0 Å². The lowest BCUT2D eigenvalue weighted by Gasteiger charge is -2.02. The summed E-state index contributed by atoms with van der Waals surface area (Å²) < 4.78 is 23.8. The minimum absolute atomic E-state index is 0.00894. The predicted octanol–water partition coefficient (Wildman–Crippen LogP) is 1.85. The number of carboxylic acid groups (broad SMARTS) is 1. The third-order valence-electron chi connectivity index (χ3n) is 3.83. The molecule has 0 aromatic heterocycles. The second-order valence-electron chi connectivity index (χ2n) is 4.90. The molecule has 5 heteroatoms. The second-order valence-corrected chi connectivity index (χ2v) is 7.35. The van der Waals surface area contributed by atoms with E-state index in [1.165, 1.54) is 0 Å². The fraction of sp³-hybridized carbons (Fsp3) is 0.500. The van der Waals surface area contributed by atoms with Crippen molar-refractivity contribution in [3.8, 4) is 0 Å². The Balaban J connectivity index is 2.30. The average molecular weight is 282 g/mol. The summed E-state index contributed by atoms with van der Waals surface area (Å²) in [6, 6.07) is 7.57. The van der Waals surface area contributed by atoms with Crippen LogP contribution in [0, 0.1) is 5.92 Å². The smallest absolute Gasteiger partial charge is 0.308 e. The fourth-order valence-electron chi connectivity index (χ4n) is 2.59. The summed E-state index contributed by atoms with van der Waals surface area (Å²) in [6.45, 7) is 3.60. The van der Waals surface area contributed by atoms with Crippen LogP contribution in [0.4, 0.5) is 0 Å². The van der Waals surface area contributed by atoms with Gasteiger partial charge in [0.1, 0.15) is 0 Å². The first kappa shape index (κ1) is 14.1. The van der Waals surface area contributed by atoms with Gasteiger partial charge in [-0.3, -0.25) is 4.79 Å². The quantitative estimate of drug-likeness (QED) is 0.894. The summed E-state index contributed by atoms with van der Waals surface area (Å²) in [7, 11) is -3.31. The van der Waals surface area contributed by atoms with Crippen LogP contribution in [-0.2, 0) is 21.1 Å². The first-order valence-electron chi connectivity index (χ1n) is 6.45. The van der Waals surface area contributed by atoms with E-state index in [0.717, 1.165) is 17.5 Å². The van der Waals surface area contributed by atoms with Crippen molar-refractivity contribution in [2.24, 2.45) is 5.92 Å². The van der Waals surface area contributed by atoms with Crippen molar-refractivity contribution in [3.63, 3.8) is 0 Å². The van der Waals surface area contributed by atoms with Crippen LogP contribution in [0.5, 0.6) is 0 Å². The third kappa shape index (κ3) is 2.52. The standard InChI is InChI=1S/C14H18O4S/c1-3-9-5-7-10(8-6-9)11-12(14(15)16)13(11)19(17,18)4-2/h5-8,11-13H,3-4H2,1-2H3,(H,15,16)/t11-,12-,13+/m1/s1. The summed E-state index contributed by atoms with van der Waals surface area (Å²) in [4.78, 5) is 11.2. The SMILES string of the molecule is CCc1ccc([C@@H]2[C@@H](C(=O)O)[C@H]2S(=O)(=O)CC)cc1. The van der Waals surface area contributed by atoms with Gasteiger partial charge in [0.15, 0.2) is 9.84 Å². The van der Waals surface area contributed by atoms with E-state index < -0.39 is 32.9 Å². The summed E-state index contributed by atoms with van der Waals surface area (Å²) in [6.07, 6.45) is 0.907. The molecule has 1 saturated carbocycles. The van der Waals surface area contributed by atoms with Gasteiger partial charge in [0, 0.05) is 11.7 Å². The van der Waals surface area contributed by atoms with Crippen LogP contribution in [-0.4, -0.2) is 30.5 Å². The number of benzene rings is 1. The molecule has 0 aliphatic heterocycles. The second kappa shape index (κ2) is 4.96. The lowest BCUT2D eigenvalue weighted by molar-refractivity contribution is -0.138.